The van der Waals surface area contributed by atoms with E-state index >= 15 is 0 Å². The Morgan fingerprint density at radius 2 is 2.10 bits per heavy atom. The van der Waals surface area contributed by atoms with Gasteiger partial charge in [0.25, 0.3) is 0 Å². The maximum Gasteiger partial charge on any atom is 0.242 e. The van der Waals surface area contributed by atoms with Crippen molar-refractivity contribution in [3.63, 3.8) is 0 Å². The van der Waals surface area contributed by atoms with Crippen molar-refractivity contribution >= 4 is 10.0 Å². The second kappa shape index (κ2) is 7.42. The van der Waals surface area contributed by atoms with Crippen LogP contribution in [-0.2, 0) is 23.1 Å². The third kappa shape index (κ3) is 4.31. The van der Waals surface area contributed by atoms with Gasteiger partial charge in [0.1, 0.15) is 0 Å². The molecule has 0 radical (unpaired) electrons. The van der Waals surface area contributed by atoms with Gasteiger partial charge in [-0.1, -0.05) is 25.7 Å². The Morgan fingerprint density at radius 3 is 2.67 bits per heavy atom. The summed E-state index contributed by atoms with van der Waals surface area (Å²) in [6, 6.07) is 1.67. The van der Waals surface area contributed by atoms with Gasteiger partial charge in [-0.2, -0.15) is 0 Å². The summed E-state index contributed by atoms with van der Waals surface area (Å²) in [5, 5.41) is 0. The van der Waals surface area contributed by atoms with Crippen LogP contribution in [0, 0.1) is 5.92 Å². The highest BCUT2D eigenvalue weighted by atomic mass is 32.2. The average Bonchev–Trinajstić information content (AvgIpc) is 3.12. The van der Waals surface area contributed by atoms with Gasteiger partial charge >= 0.3 is 0 Å². The minimum absolute atomic E-state index is 0.325. The minimum Gasteiger partial charge on any atom is -0.349 e. The summed E-state index contributed by atoms with van der Waals surface area (Å²) in [4.78, 5) is 0.325. The van der Waals surface area contributed by atoms with Crippen molar-refractivity contribution in [2.24, 2.45) is 11.7 Å². The van der Waals surface area contributed by atoms with Crippen LogP contribution in [0.5, 0.6) is 0 Å². The van der Waals surface area contributed by atoms with E-state index in [1.54, 1.807) is 12.3 Å². The normalized spacial score (nSPS) is 16.7. The van der Waals surface area contributed by atoms with Crippen LogP contribution in [-0.4, -0.2) is 19.5 Å². The number of nitrogens with one attached hydrogen (secondary N) is 1. The van der Waals surface area contributed by atoms with Crippen molar-refractivity contribution in [3.8, 4) is 0 Å². The number of aryl methyl sites for hydroxylation is 1. The lowest BCUT2D eigenvalue weighted by Gasteiger charge is -2.09. The number of hydrogen-bond acceptors (Lipinski definition) is 3. The van der Waals surface area contributed by atoms with E-state index < -0.39 is 10.0 Å². The topological polar surface area (TPSA) is 77.1 Å². The molecule has 0 atom stereocenters. The molecule has 21 heavy (non-hydrogen) atoms. The Kier molecular flexibility index (Phi) is 5.84. The van der Waals surface area contributed by atoms with Crippen LogP contribution in [0.4, 0.5) is 0 Å². The molecule has 0 bridgehead atoms. The fourth-order valence-corrected chi connectivity index (χ4v) is 4.25. The second-order valence-electron chi connectivity index (χ2n) is 5.85. The van der Waals surface area contributed by atoms with Crippen LogP contribution in [0.1, 0.15) is 51.1 Å². The van der Waals surface area contributed by atoms with Crippen LogP contribution in [0.25, 0.3) is 0 Å². The van der Waals surface area contributed by atoms with Gasteiger partial charge in [-0.25, -0.2) is 13.1 Å². The summed E-state index contributed by atoms with van der Waals surface area (Å²) in [5.74, 6) is 0.805. The maximum atomic E-state index is 12.3. The van der Waals surface area contributed by atoms with Gasteiger partial charge in [0.15, 0.2) is 0 Å². The number of nitrogens with two attached hydrogens (primary N) is 1. The molecule has 2 rings (SSSR count). The van der Waals surface area contributed by atoms with Gasteiger partial charge in [0.05, 0.1) is 4.90 Å². The van der Waals surface area contributed by atoms with Gasteiger partial charge in [-0.3, -0.25) is 0 Å². The third-order valence-corrected chi connectivity index (χ3v) is 5.80. The van der Waals surface area contributed by atoms with Gasteiger partial charge < -0.3 is 10.3 Å². The molecule has 6 heteroatoms. The molecule has 0 amide bonds. The lowest BCUT2D eigenvalue weighted by molar-refractivity contribution is 0.480. The van der Waals surface area contributed by atoms with Crippen LogP contribution in [0.15, 0.2) is 17.2 Å². The summed E-state index contributed by atoms with van der Waals surface area (Å²) in [6.07, 6.45) is 9.01. The molecule has 1 aromatic heterocycles. The van der Waals surface area contributed by atoms with E-state index in [1.807, 2.05) is 11.5 Å². The molecule has 5 nitrogen and oxygen atoms in total. The number of rotatable bonds is 8. The van der Waals surface area contributed by atoms with Crippen LogP contribution in [0.2, 0.25) is 0 Å². The summed E-state index contributed by atoms with van der Waals surface area (Å²) < 4.78 is 29.1. The molecule has 1 saturated carbocycles. The van der Waals surface area contributed by atoms with Crippen molar-refractivity contribution in [1.82, 2.24) is 9.29 Å². The molecule has 1 aromatic rings. The Balaban J connectivity index is 1.87. The summed E-state index contributed by atoms with van der Waals surface area (Å²) in [5.41, 5.74) is 6.49. The SMILES string of the molecule is CCn1cc(S(=O)(=O)NCCCC2CCCC2)cc1CN. The van der Waals surface area contributed by atoms with E-state index in [9.17, 15) is 8.42 Å². The summed E-state index contributed by atoms with van der Waals surface area (Å²) in [7, 11) is -3.40. The number of nitrogens with zero attached hydrogens (tertiary/aromatic N) is 1. The molecule has 1 fully saturated rings. The molecule has 0 saturated heterocycles. The largest absolute Gasteiger partial charge is 0.349 e. The predicted octanol–water partition coefficient (Wildman–Crippen LogP) is 2.22. The van der Waals surface area contributed by atoms with Crippen molar-refractivity contribution in [2.75, 3.05) is 6.54 Å². The highest BCUT2D eigenvalue weighted by Gasteiger charge is 2.18. The van der Waals surface area contributed by atoms with E-state index in [0.29, 0.717) is 18.0 Å². The second-order valence-corrected chi connectivity index (χ2v) is 7.61. The Hall–Kier alpha value is -0.850. The fourth-order valence-electron chi connectivity index (χ4n) is 3.12. The first kappa shape index (κ1) is 16.5. The van der Waals surface area contributed by atoms with E-state index in [2.05, 4.69) is 4.72 Å². The van der Waals surface area contributed by atoms with Crippen molar-refractivity contribution in [3.05, 3.63) is 18.0 Å². The van der Waals surface area contributed by atoms with Crippen molar-refractivity contribution in [2.45, 2.75) is 63.4 Å². The average molecular weight is 313 g/mol. The number of hydrogen-bond donors (Lipinski definition) is 2. The molecule has 0 aromatic carbocycles. The highest BCUT2D eigenvalue weighted by Crippen LogP contribution is 2.28. The van der Waals surface area contributed by atoms with Crippen molar-refractivity contribution < 1.29 is 8.42 Å². The first-order valence-corrected chi connectivity index (χ1v) is 9.44. The van der Waals surface area contributed by atoms with Crippen LogP contribution >= 0.6 is 0 Å². The molecular weight excluding hydrogens is 286 g/mol. The third-order valence-electron chi connectivity index (χ3n) is 4.38. The molecule has 1 aliphatic carbocycles. The molecule has 1 heterocycles. The van der Waals surface area contributed by atoms with E-state index in [0.717, 1.165) is 31.0 Å². The molecular formula is C15H27N3O2S. The lowest BCUT2D eigenvalue weighted by Crippen LogP contribution is -2.24. The smallest absolute Gasteiger partial charge is 0.242 e. The Labute approximate surface area is 128 Å². The predicted molar refractivity (Wildman–Crippen MR) is 84.4 cm³/mol. The first-order valence-electron chi connectivity index (χ1n) is 7.95. The zero-order valence-electron chi connectivity index (χ0n) is 12.8. The quantitative estimate of drug-likeness (QED) is 0.722. The molecule has 0 unspecified atom stereocenters. The van der Waals surface area contributed by atoms with E-state index in [4.69, 9.17) is 5.73 Å². The zero-order valence-corrected chi connectivity index (χ0v) is 13.7. The van der Waals surface area contributed by atoms with Gasteiger partial charge in [0, 0.05) is 31.5 Å². The molecule has 1 aliphatic rings. The van der Waals surface area contributed by atoms with E-state index in [1.165, 1.54) is 25.7 Å². The highest BCUT2D eigenvalue weighted by molar-refractivity contribution is 7.89. The Bertz CT molecular complexity index is 524. The van der Waals surface area contributed by atoms with Gasteiger partial charge in [-0.15, -0.1) is 0 Å². The molecule has 0 aliphatic heterocycles. The monoisotopic (exact) mass is 313 g/mol. The van der Waals surface area contributed by atoms with Crippen LogP contribution in [0.3, 0.4) is 0 Å². The van der Waals surface area contributed by atoms with Crippen molar-refractivity contribution in [1.29, 1.82) is 0 Å². The van der Waals surface area contributed by atoms with Gasteiger partial charge in [-0.05, 0) is 31.7 Å². The minimum atomic E-state index is -3.40. The first-order chi connectivity index (χ1) is 10.1. The summed E-state index contributed by atoms with van der Waals surface area (Å²) >= 11 is 0. The van der Waals surface area contributed by atoms with Crippen LogP contribution < -0.4 is 10.5 Å². The maximum absolute atomic E-state index is 12.3. The molecule has 0 spiro atoms. The molecule has 3 N–H and O–H groups in total. The molecule has 120 valence electrons. The number of aromatic nitrogens is 1. The standard InChI is InChI=1S/C15H27N3O2S/c1-2-18-12-15(10-14(18)11-16)21(19,20)17-9-5-8-13-6-3-4-7-13/h10,12-13,17H,2-9,11,16H2,1H3. The van der Waals surface area contributed by atoms with Gasteiger partial charge in [0.2, 0.25) is 10.0 Å². The zero-order chi connectivity index (χ0) is 15.3. The lowest BCUT2D eigenvalue weighted by atomic mass is 10.0. The number of sulfonamides is 1. The fraction of sp³-hybridized carbons (Fsp3) is 0.733. The van der Waals surface area contributed by atoms with E-state index in [-0.39, 0.29) is 0 Å². The summed E-state index contributed by atoms with van der Waals surface area (Å²) in [6.45, 7) is 3.58. The Morgan fingerprint density at radius 1 is 1.38 bits per heavy atom.